The summed E-state index contributed by atoms with van der Waals surface area (Å²) in [5.74, 6) is 0.0932. The van der Waals surface area contributed by atoms with Gasteiger partial charge in [-0.25, -0.2) is 0 Å². The van der Waals surface area contributed by atoms with E-state index in [0.717, 1.165) is 27.1 Å². The first-order valence-electron chi connectivity index (χ1n) is 6.23. The Balaban J connectivity index is 1.95. The summed E-state index contributed by atoms with van der Waals surface area (Å²) in [7, 11) is 0. The van der Waals surface area contributed by atoms with Crippen LogP contribution < -0.4 is 5.32 Å². The normalized spacial score (nSPS) is 17.8. The van der Waals surface area contributed by atoms with Crippen LogP contribution in [0.25, 0.3) is 0 Å². The second-order valence-electron chi connectivity index (χ2n) is 4.73. The van der Waals surface area contributed by atoms with E-state index in [2.05, 4.69) is 21.2 Å². The van der Waals surface area contributed by atoms with Crippen molar-refractivity contribution >= 4 is 33.2 Å². The Bertz CT molecular complexity index is 375. The summed E-state index contributed by atoms with van der Waals surface area (Å²) in [5.41, 5.74) is 1.14. The lowest BCUT2D eigenvalue weighted by Gasteiger charge is -2.15. The molecule has 0 aromatic carbocycles. The van der Waals surface area contributed by atoms with Gasteiger partial charge in [0.2, 0.25) is 0 Å². The Hall–Kier alpha value is -0.350. The number of amides is 1. The molecule has 2 rings (SSSR count). The fourth-order valence-corrected chi connectivity index (χ4v) is 3.69. The number of thiophene rings is 1. The third-order valence-electron chi connectivity index (χ3n) is 3.27. The molecule has 0 atom stereocenters. The largest absolute Gasteiger partial charge is 0.349 e. The van der Waals surface area contributed by atoms with Crippen molar-refractivity contribution in [3.63, 3.8) is 0 Å². The maximum absolute atomic E-state index is 12.1. The molecule has 94 valence electrons. The minimum atomic E-state index is 0.0932. The molecule has 1 aromatic heterocycles. The lowest BCUT2D eigenvalue weighted by atomic mass is 10.1. The van der Waals surface area contributed by atoms with Gasteiger partial charge in [-0.05, 0) is 47.3 Å². The van der Waals surface area contributed by atoms with Crippen molar-refractivity contribution in [2.75, 3.05) is 0 Å². The van der Waals surface area contributed by atoms with E-state index in [1.807, 2.05) is 13.0 Å². The van der Waals surface area contributed by atoms with E-state index in [9.17, 15) is 4.79 Å². The van der Waals surface area contributed by atoms with Crippen LogP contribution in [0.4, 0.5) is 0 Å². The average Bonchev–Trinajstić information content (AvgIpc) is 2.54. The van der Waals surface area contributed by atoms with Gasteiger partial charge < -0.3 is 5.32 Å². The van der Waals surface area contributed by atoms with Gasteiger partial charge in [0, 0.05) is 6.04 Å². The molecule has 0 unspecified atom stereocenters. The highest BCUT2D eigenvalue weighted by Crippen LogP contribution is 2.27. The summed E-state index contributed by atoms with van der Waals surface area (Å²) < 4.78 is 1.06. The molecule has 0 radical (unpaired) electrons. The Morgan fingerprint density at radius 1 is 1.35 bits per heavy atom. The van der Waals surface area contributed by atoms with E-state index in [4.69, 9.17) is 0 Å². The van der Waals surface area contributed by atoms with Crippen molar-refractivity contribution < 1.29 is 4.79 Å². The average molecular weight is 316 g/mol. The number of carbonyl (C=O) groups is 1. The summed E-state index contributed by atoms with van der Waals surface area (Å²) in [6.45, 7) is 2.02. The molecule has 1 fully saturated rings. The van der Waals surface area contributed by atoms with Crippen molar-refractivity contribution in [2.24, 2.45) is 0 Å². The maximum atomic E-state index is 12.1. The van der Waals surface area contributed by atoms with Crippen molar-refractivity contribution in [3.05, 3.63) is 20.3 Å². The fraction of sp³-hybridized carbons (Fsp3) is 0.615. The van der Waals surface area contributed by atoms with Crippen LogP contribution >= 0.6 is 27.3 Å². The van der Waals surface area contributed by atoms with Crippen LogP contribution in [0.3, 0.4) is 0 Å². The van der Waals surface area contributed by atoms with E-state index in [0.29, 0.717) is 6.04 Å². The molecule has 0 aliphatic heterocycles. The van der Waals surface area contributed by atoms with Gasteiger partial charge in [0.05, 0.1) is 8.66 Å². The zero-order chi connectivity index (χ0) is 12.3. The van der Waals surface area contributed by atoms with Gasteiger partial charge in [-0.15, -0.1) is 11.3 Å². The fourth-order valence-electron chi connectivity index (χ4n) is 2.25. The summed E-state index contributed by atoms with van der Waals surface area (Å²) >= 11 is 4.98. The highest BCUT2D eigenvalue weighted by Gasteiger charge is 2.17. The SMILES string of the molecule is Cc1cc(C(=O)NC2CCCCCC2)sc1Br. The number of carbonyl (C=O) groups excluding carboxylic acids is 1. The number of rotatable bonds is 2. The molecule has 1 aromatic rings. The van der Waals surface area contributed by atoms with Gasteiger partial charge in [-0.3, -0.25) is 4.79 Å². The summed E-state index contributed by atoms with van der Waals surface area (Å²) in [4.78, 5) is 12.9. The molecule has 1 heterocycles. The van der Waals surface area contributed by atoms with Crippen molar-refractivity contribution in [3.8, 4) is 0 Å². The first-order chi connectivity index (χ1) is 8.16. The van der Waals surface area contributed by atoms with E-state index in [1.54, 1.807) is 0 Å². The van der Waals surface area contributed by atoms with Gasteiger partial charge in [0.15, 0.2) is 0 Å². The zero-order valence-electron chi connectivity index (χ0n) is 10.1. The lowest BCUT2D eigenvalue weighted by molar-refractivity contribution is 0.0937. The molecular weight excluding hydrogens is 298 g/mol. The highest BCUT2D eigenvalue weighted by molar-refractivity contribution is 9.11. The molecule has 17 heavy (non-hydrogen) atoms. The van der Waals surface area contributed by atoms with Gasteiger partial charge in [-0.1, -0.05) is 25.7 Å². The van der Waals surface area contributed by atoms with Crippen LogP contribution in [0, 0.1) is 6.92 Å². The number of nitrogens with one attached hydrogen (secondary N) is 1. The maximum Gasteiger partial charge on any atom is 0.261 e. The predicted octanol–water partition coefficient (Wildman–Crippen LogP) is 4.27. The molecule has 0 spiro atoms. The number of halogens is 1. The van der Waals surface area contributed by atoms with Crippen LogP contribution in [0.1, 0.15) is 53.8 Å². The van der Waals surface area contributed by atoms with Crippen LogP contribution in [-0.2, 0) is 0 Å². The minimum Gasteiger partial charge on any atom is -0.349 e. The topological polar surface area (TPSA) is 29.1 Å². The number of hydrogen-bond acceptors (Lipinski definition) is 2. The zero-order valence-corrected chi connectivity index (χ0v) is 12.5. The monoisotopic (exact) mass is 315 g/mol. The second-order valence-corrected chi connectivity index (χ2v) is 7.10. The number of hydrogen-bond donors (Lipinski definition) is 1. The van der Waals surface area contributed by atoms with Gasteiger partial charge in [0.25, 0.3) is 5.91 Å². The molecule has 1 aliphatic rings. The van der Waals surface area contributed by atoms with E-state index in [1.165, 1.54) is 37.0 Å². The molecule has 1 aliphatic carbocycles. The van der Waals surface area contributed by atoms with E-state index >= 15 is 0 Å². The first kappa shape index (κ1) is 13.1. The van der Waals surface area contributed by atoms with Crippen molar-refractivity contribution in [2.45, 2.75) is 51.5 Å². The van der Waals surface area contributed by atoms with E-state index < -0.39 is 0 Å². The van der Waals surface area contributed by atoms with Crippen LogP contribution in [0.15, 0.2) is 9.85 Å². The standard InChI is InChI=1S/C13H18BrNOS/c1-9-8-11(17-12(9)14)13(16)15-10-6-4-2-3-5-7-10/h8,10H,2-7H2,1H3,(H,15,16). The summed E-state index contributed by atoms with van der Waals surface area (Å²) in [6, 6.07) is 2.34. The van der Waals surface area contributed by atoms with Crippen LogP contribution in [0.5, 0.6) is 0 Å². The molecule has 1 N–H and O–H groups in total. The van der Waals surface area contributed by atoms with Gasteiger partial charge >= 0.3 is 0 Å². The van der Waals surface area contributed by atoms with Crippen LogP contribution in [-0.4, -0.2) is 11.9 Å². The Morgan fingerprint density at radius 3 is 2.53 bits per heavy atom. The quantitative estimate of drug-likeness (QED) is 0.811. The first-order valence-corrected chi connectivity index (χ1v) is 7.84. The van der Waals surface area contributed by atoms with Crippen molar-refractivity contribution in [1.82, 2.24) is 5.32 Å². The lowest BCUT2D eigenvalue weighted by Crippen LogP contribution is -2.33. The Morgan fingerprint density at radius 2 is 2.00 bits per heavy atom. The minimum absolute atomic E-state index is 0.0932. The van der Waals surface area contributed by atoms with Crippen LogP contribution in [0.2, 0.25) is 0 Å². The Labute approximate surface area is 115 Å². The predicted molar refractivity (Wildman–Crippen MR) is 75.7 cm³/mol. The third-order valence-corrected chi connectivity index (χ3v) is 5.41. The van der Waals surface area contributed by atoms with Crippen molar-refractivity contribution in [1.29, 1.82) is 0 Å². The Kier molecular flexibility index (Phi) is 4.62. The molecule has 1 saturated carbocycles. The molecule has 4 heteroatoms. The van der Waals surface area contributed by atoms with E-state index in [-0.39, 0.29) is 5.91 Å². The molecule has 0 bridgehead atoms. The molecule has 2 nitrogen and oxygen atoms in total. The molecular formula is C13H18BrNOS. The van der Waals surface area contributed by atoms with Gasteiger partial charge in [0.1, 0.15) is 0 Å². The molecule has 1 amide bonds. The third kappa shape index (κ3) is 3.55. The molecule has 0 saturated heterocycles. The number of aryl methyl sites for hydroxylation is 1. The second kappa shape index (κ2) is 6.01. The summed E-state index contributed by atoms with van der Waals surface area (Å²) in [5, 5.41) is 3.17. The smallest absolute Gasteiger partial charge is 0.261 e. The summed E-state index contributed by atoms with van der Waals surface area (Å²) in [6.07, 6.45) is 7.40. The van der Waals surface area contributed by atoms with Gasteiger partial charge in [-0.2, -0.15) is 0 Å². The highest BCUT2D eigenvalue weighted by atomic mass is 79.9.